The van der Waals surface area contributed by atoms with Crippen LogP contribution in [0.2, 0.25) is 0 Å². The number of aliphatic hydroxyl groups excluding tert-OH is 1. The molecule has 0 aromatic carbocycles. The van der Waals surface area contributed by atoms with Gasteiger partial charge in [0.1, 0.15) is 6.04 Å². The average Bonchev–Trinajstić information content (AvgIpc) is 3.41. The van der Waals surface area contributed by atoms with Gasteiger partial charge in [-0.25, -0.2) is 0 Å². The van der Waals surface area contributed by atoms with Gasteiger partial charge in [-0.3, -0.25) is 14.4 Å². The summed E-state index contributed by atoms with van der Waals surface area (Å²) in [4.78, 5) is 47.4. The fraction of sp³-hybridized carbons (Fsp3) is 0.741. The fourth-order valence-corrected chi connectivity index (χ4v) is 9.54. The molecule has 1 aliphatic carbocycles. The third-order valence-corrected chi connectivity index (χ3v) is 10.7. The third-order valence-electron chi connectivity index (χ3n) is 8.74. The predicted octanol–water partition coefficient (Wildman–Crippen LogP) is 2.84. The molecule has 194 valence electrons. The quantitative estimate of drug-likeness (QED) is 0.464. The number of carbonyl (C=O) groups is 3. The molecule has 8 heteroatoms. The Morgan fingerprint density at radius 3 is 2.46 bits per heavy atom. The Hall–Kier alpha value is -1.80. The summed E-state index contributed by atoms with van der Waals surface area (Å²) in [5.74, 6) is -1.12. The van der Waals surface area contributed by atoms with Crippen molar-refractivity contribution in [2.24, 2.45) is 11.8 Å². The minimum absolute atomic E-state index is 0.00474. The van der Waals surface area contributed by atoms with Crippen LogP contribution in [0, 0.1) is 11.8 Å². The van der Waals surface area contributed by atoms with E-state index in [2.05, 4.69) is 20.1 Å². The molecular weight excluding hydrogens is 462 g/mol. The molecule has 35 heavy (non-hydrogen) atoms. The molecule has 4 fully saturated rings. The molecule has 7 nitrogen and oxygen atoms in total. The molecule has 2 bridgehead atoms. The van der Waals surface area contributed by atoms with Crippen molar-refractivity contribution in [2.45, 2.75) is 79.9 Å². The van der Waals surface area contributed by atoms with Gasteiger partial charge < -0.3 is 19.8 Å². The van der Waals surface area contributed by atoms with Crippen molar-refractivity contribution in [3.8, 4) is 0 Å². The highest BCUT2D eigenvalue weighted by atomic mass is 32.2. The van der Waals surface area contributed by atoms with E-state index in [0.717, 1.165) is 38.5 Å². The zero-order valence-electron chi connectivity index (χ0n) is 21.3. The molecule has 1 spiro atoms. The van der Waals surface area contributed by atoms with Gasteiger partial charge in [0.15, 0.2) is 0 Å². The molecule has 3 heterocycles. The van der Waals surface area contributed by atoms with Gasteiger partial charge in [0.05, 0.1) is 16.6 Å². The van der Waals surface area contributed by atoms with E-state index in [1.807, 2.05) is 4.90 Å². The highest BCUT2D eigenvalue weighted by molar-refractivity contribution is 8.02. The number of aliphatic hydroxyl groups is 1. The lowest BCUT2D eigenvalue weighted by atomic mass is 9.66. The second-order valence-electron chi connectivity index (χ2n) is 10.9. The van der Waals surface area contributed by atoms with E-state index < -0.39 is 22.6 Å². The first-order valence-electron chi connectivity index (χ1n) is 13.1. The number of hydrogen-bond donors (Lipinski definition) is 1. The number of amides is 3. The highest BCUT2D eigenvalue weighted by Crippen LogP contribution is 2.71. The van der Waals surface area contributed by atoms with Crippen LogP contribution >= 0.6 is 11.8 Å². The maximum absolute atomic E-state index is 14.4. The van der Waals surface area contributed by atoms with E-state index in [0.29, 0.717) is 26.1 Å². The van der Waals surface area contributed by atoms with Crippen LogP contribution in [0.15, 0.2) is 25.3 Å². The molecule has 1 saturated carbocycles. The number of likely N-dealkylation sites (tertiary alicyclic amines) is 1. The van der Waals surface area contributed by atoms with E-state index in [9.17, 15) is 19.5 Å². The van der Waals surface area contributed by atoms with Gasteiger partial charge in [-0.2, -0.15) is 0 Å². The number of thioether (sulfide) groups is 1. The van der Waals surface area contributed by atoms with Crippen LogP contribution in [0.1, 0.15) is 58.3 Å². The minimum Gasteiger partial charge on any atom is -0.396 e. The van der Waals surface area contributed by atoms with Crippen LogP contribution in [-0.4, -0.2) is 92.4 Å². The normalized spacial score (nSPS) is 34.1. The molecular formula is C27H41N3O4S. The molecule has 1 N–H and O–H groups in total. The lowest BCUT2D eigenvalue weighted by Gasteiger charge is -2.41. The van der Waals surface area contributed by atoms with Crippen LogP contribution in [-0.2, 0) is 14.4 Å². The zero-order valence-corrected chi connectivity index (χ0v) is 22.1. The summed E-state index contributed by atoms with van der Waals surface area (Å²) in [5, 5.41) is 9.56. The van der Waals surface area contributed by atoms with Crippen molar-refractivity contribution in [2.75, 3.05) is 33.3 Å². The van der Waals surface area contributed by atoms with Gasteiger partial charge in [-0.05, 0) is 39.0 Å². The Balaban J connectivity index is 1.74. The molecule has 3 aliphatic heterocycles. The highest BCUT2D eigenvalue weighted by Gasteiger charge is 2.77. The molecule has 2 unspecified atom stereocenters. The third kappa shape index (κ3) is 4.24. The number of carbonyl (C=O) groups excluding carboxylic acids is 3. The van der Waals surface area contributed by atoms with E-state index in [4.69, 9.17) is 0 Å². The summed E-state index contributed by atoms with van der Waals surface area (Å²) in [6.07, 6.45) is 10.8. The maximum Gasteiger partial charge on any atom is 0.247 e. The van der Waals surface area contributed by atoms with Crippen LogP contribution in [0.4, 0.5) is 0 Å². The van der Waals surface area contributed by atoms with E-state index in [1.165, 1.54) is 6.42 Å². The standard InChI is InChI=1S/C27H41N3O4S/c1-5-15-28(4)23(32)20-21-24(33)30(17-10-18-31)22(27(21)14-13-26(20,3)35-27)25(34)29(16-6-2)19-11-8-7-9-12-19/h5-6,19-22,31H,1-2,7-18H2,3-4H3/t20-,21+,22?,26+,27?/m1/s1. The number of rotatable bonds is 10. The van der Waals surface area contributed by atoms with Crippen molar-refractivity contribution in [1.82, 2.24) is 14.7 Å². The van der Waals surface area contributed by atoms with Gasteiger partial charge in [0, 0.05) is 44.1 Å². The Morgan fingerprint density at radius 2 is 1.83 bits per heavy atom. The van der Waals surface area contributed by atoms with Gasteiger partial charge in [-0.15, -0.1) is 24.9 Å². The molecule has 3 saturated heterocycles. The summed E-state index contributed by atoms with van der Waals surface area (Å²) in [5.41, 5.74) is 0. The molecule has 0 aromatic rings. The van der Waals surface area contributed by atoms with Crippen LogP contribution in [0.5, 0.6) is 0 Å². The number of fused-ring (bicyclic) bond motifs is 1. The summed E-state index contributed by atoms with van der Waals surface area (Å²) in [6.45, 7) is 11.0. The smallest absolute Gasteiger partial charge is 0.247 e. The summed E-state index contributed by atoms with van der Waals surface area (Å²) >= 11 is 1.71. The predicted molar refractivity (Wildman–Crippen MR) is 139 cm³/mol. The van der Waals surface area contributed by atoms with Gasteiger partial charge in [-0.1, -0.05) is 31.4 Å². The largest absolute Gasteiger partial charge is 0.396 e. The van der Waals surface area contributed by atoms with Crippen molar-refractivity contribution in [3.63, 3.8) is 0 Å². The lowest BCUT2D eigenvalue weighted by molar-refractivity contribution is -0.145. The summed E-state index contributed by atoms with van der Waals surface area (Å²) < 4.78 is -0.982. The maximum atomic E-state index is 14.4. The summed E-state index contributed by atoms with van der Waals surface area (Å²) in [6, 6.07) is -0.447. The molecule has 0 aromatic heterocycles. The number of likely N-dealkylation sites (N-methyl/N-ethyl adjacent to an activating group) is 1. The Morgan fingerprint density at radius 1 is 1.14 bits per heavy atom. The fourth-order valence-electron chi connectivity index (χ4n) is 7.19. The second kappa shape index (κ2) is 10.3. The van der Waals surface area contributed by atoms with Gasteiger partial charge in [0.2, 0.25) is 17.7 Å². The first kappa shape index (κ1) is 26.3. The van der Waals surface area contributed by atoms with E-state index in [1.54, 1.807) is 40.8 Å². The van der Waals surface area contributed by atoms with Crippen molar-refractivity contribution in [1.29, 1.82) is 0 Å². The molecule has 3 amide bonds. The van der Waals surface area contributed by atoms with Crippen LogP contribution in [0.3, 0.4) is 0 Å². The molecule has 4 rings (SSSR count). The Kier molecular flexibility index (Phi) is 7.72. The monoisotopic (exact) mass is 503 g/mol. The molecule has 5 atom stereocenters. The van der Waals surface area contributed by atoms with Gasteiger partial charge >= 0.3 is 0 Å². The van der Waals surface area contributed by atoms with E-state index >= 15 is 0 Å². The van der Waals surface area contributed by atoms with Crippen LogP contribution < -0.4 is 0 Å². The van der Waals surface area contributed by atoms with Crippen molar-refractivity contribution >= 4 is 29.5 Å². The number of nitrogens with zero attached hydrogens (tertiary/aromatic N) is 3. The molecule has 4 aliphatic rings. The Bertz CT molecular complexity index is 874. The first-order valence-corrected chi connectivity index (χ1v) is 14.0. The average molecular weight is 504 g/mol. The topological polar surface area (TPSA) is 81.2 Å². The zero-order chi connectivity index (χ0) is 25.4. The SMILES string of the molecule is C=CCN(C)C(=O)[C@H]1[C@H]2C(=O)N(CCCO)C(C(=O)N(CC=C)C3CCCCC3)C23CC[C@]1(C)S3. The van der Waals surface area contributed by atoms with Crippen molar-refractivity contribution in [3.05, 3.63) is 25.3 Å². The Labute approximate surface area is 214 Å². The lowest BCUT2D eigenvalue weighted by Crippen LogP contribution is -2.57. The molecule has 0 radical (unpaired) electrons. The number of hydrogen-bond acceptors (Lipinski definition) is 5. The first-order chi connectivity index (χ1) is 16.8. The van der Waals surface area contributed by atoms with Gasteiger partial charge in [0.25, 0.3) is 0 Å². The van der Waals surface area contributed by atoms with E-state index in [-0.39, 0.29) is 35.1 Å². The summed E-state index contributed by atoms with van der Waals surface area (Å²) in [7, 11) is 1.76. The van der Waals surface area contributed by atoms with Crippen LogP contribution in [0.25, 0.3) is 0 Å². The van der Waals surface area contributed by atoms with Crippen molar-refractivity contribution < 1.29 is 19.5 Å². The minimum atomic E-state index is -0.609. The second-order valence-corrected chi connectivity index (χ2v) is 12.8.